The van der Waals surface area contributed by atoms with E-state index in [2.05, 4.69) is 12.1 Å². The highest BCUT2D eigenvalue weighted by Gasteiger charge is 2.35. The maximum absolute atomic E-state index is 13.2. The number of halogens is 3. The van der Waals surface area contributed by atoms with Gasteiger partial charge in [0, 0.05) is 20.1 Å². The van der Waals surface area contributed by atoms with Gasteiger partial charge < -0.3 is 4.42 Å². The Balaban J connectivity index is 1.58. The monoisotopic (exact) mass is 614 g/mol. The Labute approximate surface area is 249 Å². The number of carbonyl (C=O) groups is 1. The van der Waals surface area contributed by atoms with Gasteiger partial charge in [-0.2, -0.15) is 13.2 Å². The highest BCUT2D eigenvalue weighted by Crippen LogP contribution is 2.31. The fourth-order valence-corrected chi connectivity index (χ4v) is 6.23. The number of nitrogens with zero attached hydrogens (tertiary/aromatic N) is 2. The van der Waals surface area contributed by atoms with Crippen molar-refractivity contribution in [3.63, 3.8) is 0 Å². The number of hydrogen-bond donors (Lipinski definition) is 1. The minimum atomic E-state index is -4.57. The first-order valence-electron chi connectivity index (χ1n) is 13.4. The number of hydrogen-bond acceptors (Lipinski definition) is 6. The summed E-state index contributed by atoms with van der Waals surface area (Å²) in [6.45, 7) is 7.12. The van der Waals surface area contributed by atoms with Crippen LogP contribution in [0.3, 0.4) is 0 Å². The molecule has 1 aromatic heterocycles. The first-order valence-corrected chi connectivity index (χ1v) is 15.1. The number of sulfone groups is 1. The molecular weight excluding hydrogens is 581 g/mol. The zero-order chi connectivity index (χ0) is 31.5. The fourth-order valence-electron chi connectivity index (χ4n) is 4.96. The molecule has 0 aliphatic rings. The Morgan fingerprint density at radius 2 is 1.51 bits per heavy atom. The molecule has 1 heterocycles. The van der Waals surface area contributed by atoms with Crippen LogP contribution in [0.25, 0.3) is 11.1 Å². The molecular formula is C32H33F3N2O5S. The van der Waals surface area contributed by atoms with Gasteiger partial charge in [-0.15, -0.1) is 0 Å². The van der Waals surface area contributed by atoms with Gasteiger partial charge in [-0.3, -0.25) is 14.9 Å². The Morgan fingerprint density at radius 3 is 2.09 bits per heavy atom. The molecule has 0 bridgehead atoms. The second kappa shape index (κ2) is 12.7. The van der Waals surface area contributed by atoms with Crippen molar-refractivity contribution in [2.75, 3.05) is 12.8 Å². The number of carbonyl (C=O) groups excluding carboxylic acids is 1. The molecule has 43 heavy (non-hydrogen) atoms. The van der Waals surface area contributed by atoms with Crippen molar-refractivity contribution >= 4 is 15.7 Å². The first kappa shape index (κ1) is 32.0. The van der Waals surface area contributed by atoms with E-state index in [-0.39, 0.29) is 22.3 Å². The van der Waals surface area contributed by atoms with Crippen LogP contribution in [0.1, 0.15) is 39.3 Å². The second-order valence-electron chi connectivity index (χ2n) is 10.7. The van der Waals surface area contributed by atoms with Crippen LogP contribution < -0.4 is 0 Å². The van der Waals surface area contributed by atoms with Gasteiger partial charge in [-0.05, 0) is 78.4 Å². The lowest BCUT2D eigenvalue weighted by molar-refractivity contribution is -0.156. The molecule has 0 spiro atoms. The third kappa shape index (κ3) is 8.13. The lowest BCUT2D eigenvalue weighted by atomic mass is 9.99. The van der Waals surface area contributed by atoms with Gasteiger partial charge in [-0.1, -0.05) is 54.1 Å². The molecule has 7 nitrogen and oxygen atoms in total. The summed E-state index contributed by atoms with van der Waals surface area (Å²) in [5.41, 5.74) is 6.67. The van der Waals surface area contributed by atoms with Crippen LogP contribution in [0.4, 0.5) is 13.2 Å². The molecule has 0 aliphatic heterocycles. The summed E-state index contributed by atoms with van der Waals surface area (Å²) in [5.74, 6) is -2.64. The van der Waals surface area contributed by atoms with Crippen molar-refractivity contribution in [2.24, 2.45) is 0 Å². The van der Waals surface area contributed by atoms with Crippen molar-refractivity contribution in [2.45, 2.75) is 51.5 Å². The summed E-state index contributed by atoms with van der Waals surface area (Å²) in [5, 5.41) is 9.50. The second-order valence-corrected chi connectivity index (χ2v) is 12.7. The van der Waals surface area contributed by atoms with E-state index < -0.39 is 33.4 Å². The van der Waals surface area contributed by atoms with E-state index >= 15 is 0 Å². The average Bonchev–Trinajstić information content (AvgIpc) is 3.40. The van der Waals surface area contributed by atoms with Crippen LogP contribution >= 0.6 is 0 Å². The molecule has 4 rings (SSSR count). The van der Waals surface area contributed by atoms with Gasteiger partial charge in [0.25, 0.3) is 5.91 Å². The topological polar surface area (TPSA) is 91.1 Å². The smallest absolute Gasteiger partial charge is 0.449 e. The summed E-state index contributed by atoms with van der Waals surface area (Å²) >= 11 is 0. The summed E-state index contributed by atoms with van der Waals surface area (Å²) in [7, 11) is -2.91. The maximum atomic E-state index is 13.2. The lowest BCUT2D eigenvalue weighted by Crippen LogP contribution is -2.29. The van der Waals surface area contributed by atoms with Crippen LogP contribution in [0, 0.1) is 20.8 Å². The molecule has 1 amide bonds. The third-order valence-corrected chi connectivity index (χ3v) is 8.70. The number of hydroxylamine groups is 2. The van der Waals surface area contributed by atoms with E-state index in [0.29, 0.717) is 18.7 Å². The SMILES string of the molecule is Cc1cc(C)c(CN(Cc2ccc(-c3cccc(S(=O)(=O)CC(=O)N(C)O)c3)cc2)Cc2ccc(C(F)(F)F)o2)c(C)c1. The highest BCUT2D eigenvalue weighted by molar-refractivity contribution is 7.92. The van der Waals surface area contributed by atoms with Gasteiger partial charge in [-0.25, -0.2) is 13.5 Å². The molecule has 4 aromatic rings. The molecule has 0 unspecified atom stereocenters. The zero-order valence-corrected chi connectivity index (χ0v) is 25.1. The van der Waals surface area contributed by atoms with E-state index in [0.717, 1.165) is 46.5 Å². The van der Waals surface area contributed by atoms with E-state index in [1.165, 1.54) is 18.2 Å². The first-order chi connectivity index (χ1) is 20.1. The molecule has 0 saturated carbocycles. The minimum absolute atomic E-state index is 0.0454. The Bertz CT molecular complexity index is 1690. The van der Waals surface area contributed by atoms with E-state index in [4.69, 9.17) is 4.42 Å². The number of benzene rings is 3. The van der Waals surface area contributed by atoms with E-state index in [1.807, 2.05) is 49.9 Å². The van der Waals surface area contributed by atoms with Gasteiger partial charge in [0.05, 0.1) is 11.4 Å². The fraction of sp³-hybridized carbons (Fsp3) is 0.281. The van der Waals surface area contributed by atoms with Gasteiger partial charge in [0.15, 0.2) is 9.84 Å². The molecule has 0 atom stereocenters. The lowest BCUT2D eigenvalue weighted by Gasteiger charge is -2.24. The zero-order valence-electron chi connectivity index (χ0n) is 24.3. The summed E-state index contributed by atoms with van der Waals surface area (Å²) in [6.07, 6.45) is -4.57. The number of furan rings is 1. The number of rotatable bonds is 10. The minimum Gasteiger partial charge on any atom is -0.455 e. The third-order valence-electron chi connectivity index (χ3n) is 7.10. The molecule has 0 radical (unpaired) electrons. The Morgan fingerprint density at radius 1 is 0.860 bits per heavy atom. The maximum Gasteiger partial charge on any atom is 0.449 e. The molecule has 1 N–H and O–H groups in total. The Kier molecular flexibility index (Phi) is 9.48. The molecule has 228 valence electrons. The summed E-state index contributed by atoms with van der Waals surface area (Å²) in [4.78, 5) is 13.7. The number of amides is 1. The number of alkyl halides is 3. The van der Waals surface area contributed by atoms with E-state index in [1.54, 1.807) is 12.1 Å². The molecule has 0 aliphatic carbocycles. The van der Waals surface area contributed by atoms with Crippen molar-refractivity contribution in [3.8, 4) is 11.1 Å². The molecule has 0 fully saturated rings. The molecule has 3 aromatic carbocycles. The van der Waals surface area contributed by atoms with Crippen molar-refractivity contribution < 1.29 is 36.0 Å². The molecule has 0 saturated heterocycles. The van der Waals surface area contributed by atoms with Crippen LogP contribution in [0.5, 0.6) is 0 Å². The van der Waals surface area contributed by atoms with Crippen LogP contribution in [0.2, 0.25) is 0 Å². The predicted molar refractivity (Wildman–Crippen MR) is 156 cm³/mol. The quantitative estimate of drug-likeness (QED) is 0.158. The highest BCUT2D eigenvalue weighted by atomic mass is 32.2. The van der Waals surface area contributed by atoms with E-state index in [9.17, 15) is 31.6 Å². The number of aryl methyl sites for hydroxylation is 3. The largest absolute Gasteiger partial charge is 0.455 e. The van der Waals surface area contributed by atoms with Crippen molar-refractivity contribution in [1.29, 1.82) is 0 Å². The van der Waals surface area contributed by atoms with Crippen LogP contribution in [-0.2, 0) is 40.4 Å². The van der Waals surface area contributed by atoms with Gasteiger partial charge >= 0.3 is 6.18 Å². The Hall–Kier alpha value is -3.93. The van der Waals surface area contributed by atoms with Crippen molar-refractivity contribution in [1.82, 2.24) is 9.96 Å². The molecule has 11 heteroatoms. The predicted octanol–water partition coefficient (Wildman–Crippen LogP) is 6.71. The average molecular weight is 615 g/mol. The standard InChI is InChI=1S/C32H33F3N2O5S/c1-21-14-22(2)29(23(3)15-21)19-37(18-27-12-13-30(42-27)32(33,34)35)17-24-8-10-25(11-9-24)26-6-5-7-28(16-26)43(40,41)20-31(38)36(4)39/h5-16,39H,17-20H2,1-4H3. The summed E-state index contributed by atoms with van der Waals surface area (Å²) < 4.78 is 70.0. The summed E-state index contributed by atoms with van der Waals surface area (Å²) in [6, 6.07) is 20.1. The van der Waals surface area contributed by atoms with Crippen LogP contribution in [0.15, 0.2) is 82.1 Å². The normalized spacial score (nSPS) is 12.1. The van der Waals surface area contributed by atoms with Gasteiger partial charge in [0.1, 0.15) is 11.5 Å². The van der Waals surface area contributed by atoms with Gasteiger partial charge in [0.2, 0.25) is 5.76 Å². The van der Waals surface area contributed by atoms with Crippen LogP contribution in [-0.4, -0.2) is 42.3 Å². The van der Waals surface area contributed by atoms with Crippen molar-refractivity contribution in [3.05, 3.63) is 112 Å².